The molecule has 4 unspecified atom stereocenters. The van der Waals surface area contributed by atoms with E-state index in [0.717, 1.165) is 52.8 Å². The third kappa shape index (κ3) is 3.90. The summed E-state index contributed by atoms with van der Waals surface area (Å²) in [5, 5.41) is 12.8. The van der Waals surface area contributed by atoms with Crippen molar-refractivity contribution in [2.45, 2.75) is 31.5 Å². The first-order valence-electron chi connectivity index (χ1n) is 11.1. The first-order chi connectivity index (χ1) is 15.1. The molecule has 2 bridgehead atoms. The number of piperidine rings is 3. The third-order valence-electron chi connectivity index (χ3n) is 7.56. The van der Waals surface area contributed by atoms with Gasteiger partial charge in [-0.3, -0.25) is 9.97 Å². The van der Waals surface area contributed by atoms with Crippen molar-refractivity contribution in [3.8, 4) is 5.75 Å². The zero-order valence-corrected chi connectivity index (χ0v) is 19.2. The molecule has 3 aromatic rings. The summed E-state index contributed by atoms with van der Waals surface area (Å²) in [4.78, 5) is 8.85. The first kappa shape index (κ1) is 22.7. The number of nitrogens with zero attached hydrogens (tertiary/aromatic N) is 3. The van der Waals surface area contributed by atoms with Crippen molar-refractivity contribution in [3.05, 3.63) is 78.8 Å². The molecular formula is C26H30ClN3O2. The van der Waals surface area contributed by atoms with Crippen molar-refractivity contribution in [1.29, 1.82) is 0 Å². The van der Waals surface area contributed by atoms with E-state index in [-0.39, 0.29) is 18.4 Å². The van der Waals surface area contributed by atoms with Crippen LogP contribution in [-0.4, -0.2) is 45.8 Å². The number of pyridine rings is 2. The predicted octanol–water partition coefficient (Wildman–Crippen LogP) is 1.29. The summed E-state index contributed by atoms with van der Waals surface area (Å²) >= 11 is 0. The Hall–Kier alpha value is -2.47. The van der Waals surface area contributed by atoms with E-state index in [1.54, 1.807) is 7.11 Å². The number of hydrogen-bond acceptors (Lipinski definition) is 4. The maximum absolute atomic E-state index is 11.8. The average Bonchev–Trinajstić information content (AvgIpc) is 2.83. The number of aromatic nitrogens is 2. The molecule has 3 aliphatic heterocycles. The highest BCUT2D eigenvalue weighted by molar-refractivity contribution is 5.83. The number of quaternary nitrogens is 1. The van der Waals surface area contributed by atoms with E-state index in [9.17, 15) is 5.11 Å². The fraction of sp³-hybridized carbons (Fsp3) is 0.385. The number of rotatable bonds is 6. The highest BCUT2D eigenvalue weighted by Crippen LogP contribution is 2.48. The van der Waals surface area contributed by atoms with Crippen molar-refractivity contribution in [3.63, 3.8) is 0 Å². The van der Waals surface area contributed by atoms with E-state index < -0.39 is 6.10 Å². The second-order valence-electron chi connectivity index (χ2n) is 9.12. The van der Waals surface area contributed by atoms with E-state index in [2.05, 4.69) is 28.7 Å². The van der Waals surface area contributed by atoms with E-state index in [1.165, 1.54) is 12.0 Å². The molecule has 3 fully saturated rings. The number of aliphatic hydroxyl groups is 1. The highest BCUT2D eigenvalue weighted by atomic mass is 35.5. The Kier molecular flexibility index (Phi) is 6.52. The largest absolute Gasteiger partial charge is 1.00 e. The predicted molar refractivity (Wildman–Crippen MR) is 121 cm³/mol. The van der Waals surface area contributed by atoms with Crippen LogP contribution in [0.2, 0.25) is 0 Å². The summed E-state index contributed by atoms with van der Waals surface area (Å²) in [6.45, 7) is 7.12. The Morgan fingerprint density at radius 2 is 2.16 bits per heavy atom. The molecule has 0 saturated carbocycles. The van der Waals surface area contributed by atoms with Gasteiger partial charge in [0.15, 0.2) is 0 Å². The van der Waals surface area contributed by atoms with Crippen LogP contribution in [0.5, 0.6) is 5.75 Å². The van der Waals surface area contributed by atoms with Crippen LogP contribution in [0.3, 0.4) is 0 Å². The van der Waals surface area contributed by atoms with Crippen LogP contribution < -0.4 is 17.1 Å². The lowest BCUT2D eigenvalue weighted by molar-refractivity contribution is -0.985. The molecule has 5 nitrogen and oxygen atoms in total. The molecular weight excluding hydrogens is 422 g/mol. The number of benzene rings is 1. The standard InChI is InChI=1S/C26H30N3O2.ClH/c1-3-19-17-29(16-18-5-4-10-27-15-18)12-9-20(19)13-25(29)26(30)22-8-11-28-24-7-6-21(31-2)14-23(22)24;/h3-8,10-11,14-15,19-20,25-26,30H,1,9,12-13,16-17H2,2H3;1H/q+1;/p-1/t19?,20?,25?,26-,29?;/m1./s1. The number of aliphatic hydroxyl groups excluding tert-OH is 1. The van der Waals surface area contributed by atoms with Crippen LogP contribution in [0.15, 0.2) is 67.6 Å². The molecule has 0 aliphatic carbocycles. The van der Waals surface area contributed by atoms with E-state index >= 15 is 0 Å². The average molecular weight is 452 g/mol. The van der Waals surface area contributed by atoms with E-state index in [1.807, 2.05) is 48.9 Å². The molecule has 5 heterocycles. The second-order valence-corrected chi connectivity index (χ2v) is 9.12. The molecule has 6 rings (SSSR count). The van der Waals surface area contributed by atoms with Gasteiger partial charge in [0.2, 0.25) is 0 Å². The summed E-state index contributed by atoms with van der Waals surface area (Å²) in [5.41, 5.74) is 3.06. The Bertz CT molecular complexity index is 1090. The molecule has 1 N–H and O–H groups in total. The minimum absolute atomic E-state index is 0. The van der Waals surface area contributed by atoms with Crippen molar-refractivity contribution in [2.24, 2.45) is 11.8 Å². The molecule has 1 aromatic carbocycles. The fourth-order valence-corrected chi connectivity index (χ4v) is 5.98. The van der Waals surface area contributed by atoms with Gasteiger partial charge in [0, 0.05) is 48.3 Å². The van der Waals surface area contributed by atoms with Gasteiger partial charge in [-0.15, -0.1) is 6.58 Å². The van der Waals surface area contributed by atoms with Gasteiger partial charge in [0.25, 0.3) is 0 Å². The summed E-state index contributed by atoms with van der Waals surface area (Å²) in [7, 11) is 1.67. The van der Waals surface area contributed by atoms with Crippen LogP contribution in [0.4, 0.5) is 0 Å². The summed E-state index contributed by atoms with van der Waals surface area (Å²) in [6.07, 6.45) is 9.35. The molecule has 0 radical (unpaired) electrons. The van der Waals surface area contributed by atoms with E-state index in [4.69, 9.17) is 4.74 Å². The Morgan fingerprint density at radius 1 is 1.28 bits per heavy atom. The number of ether oxygens (including phenoxy) is 1. The zero-order chi connectivity index (χ0) is 21.4. The summed E-state index contributed by atoms with van der Waals surface area (Å²) < 4.78 is 6.33. The first-order valence-corrected chi connectivity index (χ1v) is 11.1. The van der Waals surface area contributed by atoms with Gasteiger partial charge >= 0.3 is 0 Å². The molecule has 2 aromatic heterocycles. The van der Waals surface area contributed by atoms with Crippen molar-refractivity contribution in [1.82, 2.24) is 9.97 Å². The van der Waals surface area contributed by atoms with Gasteiger partial charge in [0.05, 0.1) is 25.7 Å². The van der Waals surface area contributed by atoms with Crippen molar-refractivity contribution in [2.75, 3.05) is 20.2 Å². The lowest BCUT2D eigenvalue weighted by atomic mass is 9.71. The molecule has 168 valence electrons. The van der Waals surface area contributed by atoms with E-state index in [0.29, 0.717) is 11.8 Å². The van der Waals surface area contributed by atoms with Crippen LogP contribution >= 0.6 is 0 Å². The lowest BCUT2D eigenvalue weighted by Crippen LogP contribution is -3.00. The number of fused-ring (bicyclic) bond motifs is 4. The van der Waals surface area contributed by atoms with Gasteiger partial charge < -0.3 is 26.7 Å². The minimum Gasteiger partial charge on any atom is -1.00 e. The minimum atomic E-state index is -0.567. The zero-order valence-electron chi connectivity index (χ0n) is 18.4. The number of halogens is 1. The molecule has 3 saturated heterocycles. The van der Waals surface area contributed by atoms with Crippen LogP contribution in [-0.2, 0) is 6.54 Å². The molecule has 0 amide bonds. The van der Waals surface area contributed by atoms with Gasteiger partial charge in [-0.2, -0.15) is 0 Å². The topological polar surface area (TPSA) is 55.2 Å². The van der Waals surface area contributed by atoms with Crippen LogP contribution in [0.25, 0.3) is 10.9 Å². The smallest absolute Gasteiger partial charge is 0.131 e. The van der Waals surface area contributed by atoms with Gasteiger partial charge in [0.1, 0.15) is 24.4 Å². The van der Waals surface area contributed by atoms with Crippen LogP contribution in [0, 0.1) is 11.8 Å². The SMILES string of the molecule is C=CC1C[N+]2(Cc3cccnc3)CCC1CC2[C@H](O)c1ccnc2ccc(OC)cc12.[Cl-]. The number of methoxy groups -OCH3 is 1. The Morgan fingerprint density at radius 3 is 2.91 bits per heavy atom. The lowest BCUT2D eigenvalue weighted by Gasteiger charge is -2.58. The fourth-order valence-electron chi connectivity index (χ4n) is 5.98. The Labute approximate surface area is 195 Å². The molecule has 3 aliphatic rings. The second kappa shape index (κ2) is 9.18. The summed E-state index contributed by atoms with van der Waals surface area (Å²) in [5.74, 6) is 1.88. The van der Waals surface area contributed by atoms with Crippen molar-refractivity contribution < 1.29 is 26.7 Å². The maximum atomic E-state index is 11.8. The summed E-state index contributed by atoms with van der Waals surface area (Å²) in [6, 6.07) is 12.1. The molecule has 5 atom stereocenters. The highest BCUT2D eigenvalue weighted by Gasteiger charge is 2.54. The van der Waals surface area contributed by atoms with Crippen molar-refractivity contribution >= 4 is 10.9 Å². The Balaban J connectivity index is 0.00000245. The molecule has 6 heteroatoms. The molecule has 0 spiro atoms. The monoisotopic (exact) mass is 451 g/mol. The van der Waals surface area contributed by atoms with Crippen LogP contribution in [0.1, 0.15) is 30.1 Å². The maximum Gasteiger partial charge on any atom is 0.131 e. The molecule has 32 heavy (non-hydrogen) atoms. The van der Waals surface area contributed by atoms with Gasteiger partial charge in [-0.1, -0.05) is 12.1 Å². The number of hydrogen-bond donors (Lipinski definition) is 1. The quantitative estimate of drug-likeness (QED) is 0.453. The normalized spacial score (nSPS) is 27.5. The van der Waals surface area contributed by atoms with Gasteiger partial charge in [-0.25, -0.2) is 0 Å². The third-order valence-corrected chi connectivity index (χ3v) is 7.56. The van der Waals surface area contributed by atoms with Gasteiger partial charge in [-0.05, 0) is 41.8 Å².